The molecule has 0 spiro atoms. The third-order valence-electron chi connectivity index (χ3n) is 3.21. The molecule has 1 atom stereocenters. The summed E-state index contributed by atoms with van der Waals surface area (Å²) >= 11 is 1.60. The molecule has 4 heteroatoms. The molecule has 0 amide bonds. The lowest BCUT2D eigenvalue weighted by molar-refractivity contribution is -0.151. The molecule has 0 bridgehead atoms. The largest absolute Gasteiger partial charge is 0.459 e. The summed E-state index contributed by atoms with van der Waals surface area (Å²) in [5.41, 5.74) is 5.80. The van der Waals surface area contributed by atoms with Crippen LogP contribution < -0.4 is 5.73 Å². The molecule has 1 unspecified atom stereocenters. The van der Waals surface area contributed by atoms with Gasteiger partial charge < -0.3 is 10.5 Å². The molecular weight excluding hydrogens is 246 g/mol. The Labute approximate surface area is 115 Å². The van der Waals surface area contributed by atoms with Gasteiger partial charge in [0.1, 0.15) is 5.60 Å². The van der Waals surface area contributed by atoms with Crippen LogP contribution in [0.3, 0.4) is 0 Å². The number of thioether (sulfide) groups is 1. The highest BCUT2D eigenvalue weighted by atomic mass is 32.2. The summed E-state index contributed by atoms with van der Waals surface area (Å²) in [7, 11) is 0. The number of hydrogen-bond donors (Lipinski definition) is 1. The second kappa shape index (κ2) is 7.39. The summed E-state index contributed by atoms with van der Waals surface area (Å²) in [6.45, 7) is 5.68. The fraction of sp³-hybridized carbons (Fsp3) is 0.929. The maximum Gasteiger partial charge on any atom is 0.316 e. The Morgan fingerprint density at radius 3 is 2.50 bits per heavy atom. The van der Waals surface area contributed by atoms with Crippen molar-refractivity contribution in [3.8, 4) is 0 Å². The van der Waals surface area contributed by atoms with Gasteiger partial charge in [-0.3, -0.25) is 4.79 Å². The zero-order valence-electron chi connectivity index (χ0n) is 11.9. The van der Waals surface area contributed by atoms with Crippen LogP contribution in [0.15, 0.2) is 0 Å². The van der Waals surface area contributed by atoms with Gasteiger partial charge in [0.2, 0.25) is 0 Å². The Kier molecular flexibility index (Phi) is 6.50. The highest BCUT2D eigenvalue weighted by Gasteiger charge is 2.21. The molecule has 1 saturated carbocycles. The first-order valence-corrected chi connectivity index (χ1v) is 8.09. The fourth-order valence-electron chi connectivity index (χ4n) is 2.35. The Balaban J connectivity index is 2.14. The third-order valence-corrected chi connectivity index (χ3v) is 4.27. The number of rotatable bonds is 5. The lowest BCUT2D eigenvalue weighted by atomic mass is 9.85. The minimum atomic E-state index is -0.386. The van der Waals surface area contributed by atoms with Gasteiger partial charge in [-0.1, -0.05) is 19.3 Å². The number of nitrogens with two attached hydrogens (primary N) is 1. The van der Waals surface area contributed by atoms with Gasteiger partial charge in [0.05, 0.1) is 5.75 Å². The van der Waals surface area contributed by atoms with Crippen molar-refractivity contribution in [2.75, 3.05) is 11.5 Å². The number of ether oxygens (including phenoxy) is 1. The van der Waals surface area contributed by atoms with E-state index in [9.17, 15) is 4.79 Å². The summed E-state index contributed by atoms with van der Waals surface area (Å²) < 4.78 is 5.26. The van der Waals surface area contributed by atoms with Gasteiger partial charge in [-0.15, -0.1) is 11.8 Å². The van der Waals surface area contributed by atoms with Crippen LogP contribution in [-0.2, 0) is 9.53 Å². The van der Waals surface area contributed by atoms with Crippen molar-refractivity contribution in [3.63, 3.8) is 0 Å². The Morgan fingerprint density at radius 1 is 1.33 bits per heavy atom. The Hall–Kier alpha value is -0.220. The molecule has 106 valence electrons. The van der Waals surface area contributed by atoms with Gasteiger partial charge in [0.25, 0.3) is 0 Å². The number of carbonyl (C=O) groups excluding carboxylic acids is 1. The average Bonchev–Trinajstić information content (AvgIpc) is 2.27. The predicted octanol–water partition coefficient (Wildman–Crippen LogP) is 2.97. The van der Waals surface area contributed by atoms with Gasteiger partial charge in [-0.05, 0) is 39.5 Å². The molecule has 0 heterocycles. The highest BCUT2D eigenvalue weighted by Crippen LogP contribution is 2.27. The second-order valence-electron chi connectivity index (χ2n) is 6.16. The Morgan fingerprint density at radius 2 is 1.94 bits per heavy atom. The van der Waals surface area contributed by atoms with Crippen molar-refractivity contribution < 1.29 is 9.53 Å². The summed E-state index contributed by atoms with van der Waals surface area (Å²) in [5, 5.41) is 0. The lowest BCUT2D eigenvalue weighted by Crippen LogP contribution is -2.34. The molecule has 1 aliphatic carbocycles. The molecule has 0 aromatic heterocycles. The molecular formula is C14H27NO2S. The van der Waals surface area contributed by atoms with Crippen LogP contribution in [0.25, 0.3) is 0 Å². The molecule has 0 saturated heterocycles. The van der Waals surface area contributed by atoms with E-state index < -0.39 is 0 Å². The van der Waals surface area contributed by atoms with Crippen LogP contribution >= 0.6 is 11.8 Å². The summed E-state index contributed by atoms with van der Waals surface area (Å²) in [5.74, 6) is 1.80. The zero-order chi connectivity index (χ0) is 13.6. The first-order valence-electron chi connectivity index (χ1n) is 6.93. The second-order valence-corrected chi connectivity index (χ2v) is 7.19. The number of carbonyl (C=O) groups is 1. The van der Waals surface area contributed by atoms with E-state index in [1.54, 1.807) is 11.8 Å². The summed E-state index contributed by atoms with van der Waals surface area (Å²) in [6, 6.07) is 0.234. The maximum atomic E-state index is 11.5. The minimum Gasteiger partial charge on any atom is -0.459 e. The van der Waals surface area contributed by atoms with E-state index in [1.165, 1.54) is 32.1 Å². The van der Waals surface area contributed by atoms with Gasteiger partial charge in [0, 0.05) is 11.8 Å². The van der Waals surface area contributed by atoms with Gasteiger partial charge in [-0.25, -0.2) is 0 Å². The van der Waals surface area contributed by atoms with Crippen molar-refractivity contribution in [1.82, 2.24) is 0 Å². The molecule has 1 rings (SSSR count). The quantitative estimate of drug-likeness (QED) is 0.782. The smallest absolute Gasteiger partial charge is 0.316 e. The maximum absolute atomic E-state index is 11.5. The first-order chi connectivity index (χ1) is 8.38. The molecule has 0 aromatic rings. The van der Waals surface area contributed by atoms with Crippen LogP contribution in [0.1, 0.15) is 52.9 Å². The minimum absolute atomic E-state index is 0.136. The fourth-order valence-corrected chi connectivity index (χ4v) is 3.24. The van der Waals surface area contributed by atoms with Crippen molar-refractivity contribution in [2.45, 2.75) is 64.5 Å². The first kappa shape index (κ1) is 15.8. The van der Waals surface area contributed by atoms with E-state index in [0.29, 0.717) is 11.7 Å². The zero-order valence-corrected chi connectivity index (χ0v) is 12.7. The number of esters is 1. The van der Waals surface area contributed by atoms with E-state index >= 15 is 0 Å². The average molecular weight is 273 g/mol. The van der Waals surface area contributed by atoms with E-state index in [-0.39, 0.29) is 17.6 Å². The third kappa shape index (κ3) is 6.64. The monoisotopic (exact) mass is 273 g/mol. The lowest BCUT2D eigenvalue weighted by Gasteiger charge is -2.27. The Bertz CT molecular complexity index is 257. The topological polar surface area (TPSA) is 52.3 Å². The molecule has 0 radical (unpaired) electrons. The van der Waals surface area contributed by atoms with Crippen molar-refractivity contribution >= 4 is 17.7 Å². The highest BCUT2D eigenvalue weighted by molar-refractivity contribution is 7.99. The van der Waals surface area contributed by atoms with Crippen LogP contribution in [0.4, 0.5) is 0 Å². The van der Waals surface area contributed by atoms with Crippen molar-refractivity contribution in [2.24, 2.45) is 11.7 Å². The van der Waals surface area contributed by atoms with Crippen LogP contribution in [0.5, 0.6) is 0 Å². The molecule has 0 aliphatic heterocycles. The molecule has 18 heavy (non-hydrogen) atoms. The van der Waals surface area contributed by atoms with Crippen molar-refractivity contribution in [1.29, 1.82) is 0 Å². The van der Waals surface area contributed by atoms with E-state index in [4.69, 9.17) is 10.5 Å². The van der Waals surface area contributed by atoms with E-state index in [0.717, 1.165) is 5.75 Å². The standard InChI is InChI=1S/C14H27NO2S/c1-14(2,3)17-13(16)10-18-9-12(15)11-7-5-4-6-8-11/h11-12H,4-10,15H2,1-3H3. The van der Waals surface area contributed by atoms with Gasteiger partial charge >= 0.3 is 5.97 Å². The molecule has 3 nitrogen and oxygen atoms in total. The van der Waals surface area contributed by atoms with E-state index in [2.05, 4.69) is 0 Å². The van der Waals surface area contributed by atoms with Crippen molar-refractivity contribution in [3.05, 3.63) is 0 Å². The van der Waals surface area contributed by atoms with Crippen LogP contribution in [0, 0.1) is 5.92 Å². The predicted molar refractivity (Wildman–Crippen MR) is 77.7 cm³/mol. The normalized spacial score (nSPS) is 19.6. The molecule has 1 aliphatic rings. The van der Waals surface area contributed by atoms with E-state index in [1.807, 2.05) is 20.8 Å². The summed E-state index contributed by atoms with van der Waals surface area (Å²) in [4.78, 5) is 11.5. The SMILES string of the molecule is CC(C)(C)OC(=O)CSCC(N)C1CCCCC1. The van der Waals surface area contributed by atoms with Crippen LogP contribution in [-0.4, -0.2) is 29.1 Å². The molecule has 0 aromatic carbocycles. The summed E-state index contributed by atoms with van der Waals surface area (Å²) in [6.07, 6.45) is 6.50. The van der Waals surface area contributed by atoms with Gasteiger partial charge in [0.15, 0.2) is 0 Å². The number of hydrogen-bond acceptors (Lipinski definition) is 4. The molecule has 2 N–H and O–H groups in total. The van der Waals surface area contributed by atoms with Crippen LogP contribution in [0.2, 0.25) is 0 Å². The van der Waals surface area contributed by atoms with Gasteiger partial charge in [-0.2, -0.15) is 0 Å². The molecule has 1 fully saturated rings.